The molecule has 0 fully saturated rings. The monoisotopic (exact) mass is 324 g/mol. The Labute approximate surface area is 118 Å². The number of halogens is 1. The van der Waals surface area contributed by atoms with Crippen LogP contribution in [0.15, 0.2) is 39.6 Å². The van der Waals surface area contributed by atoms with Gasteiger partial charge in [0.05, 0.1) is 5.51 Å². The van der Waals surface area contributed by atoms with Crippen LogP contribution in [0.5, 0.6) is 0 Å². The summed E-state index contributed by atoms with van der Waals surface area (Å²) in [5.74, 6) is -0.110. The van der Waals surface area contributed by atoms with Crippen LogP contribution >= 0.6 is 27.3 Å². The molecule has 1 aromatic carbocycles. The highest BCUT2D eigenvalue weighted by Gasteiger charge is 2.11. The van der Waals surface area contributed by atoms with Gasteiger partial charge < -0.3 is 5.32 Å². The second kappa shape index (κ2) is 6.11. The van der Waals surface area contributed by atoms with Gasteiger partial charge in [-0.15, -0.1) is 11.3 Å². The number of aromatic nitrogens is 1. The summed E-state index contributed by atoms with van der Waals surface area (Å²) < 4.78 is 1.06. The number of hydrogen-bond acceptors (Lipinski definition) is 3. The van der Waals surface area contributed by atoms with E-state index < -0.39 is 0 Å². The van der Waals surface area contributed by atoms with Gasteiger partial charge in [0.15, 0.2) is 0 Å². The molecule has 2 rings (SSSR count). The Bertz CT molecular complexity index is 510. The zero-order chi connectivity index (χ0) is 13.0. The molecule has 0 spiro atoms. The zero-order valence-corrected chi connectivity index (χ0v) is 12.3. The molecule has 94 valence electrons. The number of nitrogens with one attached hydrogen (secondary N) is 1. The average molecular weight is 325 g/mol. The van der Waals surface area contributed by atoms with Crippen molar-refractivity contribution in [2.24, 2.45) is 0 Å². The number of thiazole rings is 1. The van der Waals surface area contributed by atoms with E-state index in [9.17, 15) is 4.79 Å². The van der Waals surface area contributed by atoms with E-state index in [0.717, 1.165) is 10.9 Å². The molecule has 0 aliphatic carbocycles. The number of benzene rings is 1. The first-order chi connectivity index (χ1) is 8.65. The van der Waals surface area contributed by atoms with Gasteiger partial charge in [0, 0.05) is 15.9 Å². The quantitative estimate of drug-likeness (QED) is 0.937. The Morgan fingerprint density at radius 2 is 2.17 bits per heavy atom. The molecule has 1 atom stereocenters. The lowest BCUT2D eigenvalue weighted by Gasteiger charge is -2.13. The summed E-state index contributed by atoms with van der Waals surface area (Å²) in [7, 11) is 0. The second-order valence-electron chi connectivity index (χ2n) is 4.08. The number of rotatable bonds is 4. The fourth-order valence-electron chi connectivity index (χ4n) is 1.65. The topological polar surface area (TPSA) is 42.0 Å². The van der Waals surface area contributed by atoms with Crippen LogP contribution in [-0.2, 0) is 6.42 Å². The van der Waals surface area contributed by atoms with Gasteiger partial charge in [-0.2, -0.15) is 0 Å². The summed E-state index contributed by atoms with van der Waals surface area (Å²) in [6, 6.07) is 8.19. The molecule has 0 saturated carbocycles. The van der Waals surface area contributed by atoms with Crippen LogP contribution in [0.3, 0.4) is 0 Å². The van der Waals surface area contributed by atoms with Crippen molar-refractivity contribution < 1.29 is 4.79 Å². The summed E-state index contributed by atoms with van der Waals surface area (Å²) in [5, 5.41) is 4.69. The summed E-state index contributed by atoms with van der Waals surface area (Å²) in [6.07, 6.45) is 0.809. The highest BCUT2D eigenvalue weighted by Crippen LogP contribution is 2.12. The molecule has 2 aromatic rings. The van der Waals surface area contributed by atoms with Crippen LogP contribution in [0.2, 0.25) is 0 Å². The predicted octanol–water partition coefficient (Wildman–Crippen LogP) is 3.27. The lowest BCUT2D eigenvalue weighted by molar-refractivity contribution is 0.0936. The van der Waals surface area contributed by atoms with Crippen LogP contribution in [0, 0.1) is 0 Å². The molecular weight excluding hydrogens is 312 g/mol. The molecule has 3 nitrogen and oxygen atoms in total. The van der Waals surface area contributed by atoms with Gasteiger partial charge in [0.25, 0.3) is 5.91 Å². The van der Waals surface area contributed by atoms with Gasteiger partial charge in [0.1, 0.15) is 5.69 Å². The molecule has 18 heavy (non-hydrogen) atoms. The van der Waals surface area contributed by atoms with Crippen molar-refractivity contribution >= 4 is 33.2 Å². The molecule has 1 heterocycles. The third-order valence-corrected chi connectivity index (χ3v) is 3.61. The van der Waals surface area contributed by atoms with E-state index in [1.807, 2.05) is 19.1 Å². The standard InChI is InChI=1S/C13H13BrN2OS/c1-9(6-10-2-4-11(14)5-3-10)16-13(17)12-7-18-8-15-12/h2-5,7-9H,6H2,1H3,(H,16,17). The largest absolute Gasteiger partial charge is 0.348 e. The van der Waals surface area contributed by atoms with Gasteiger partial charge in [-0.25, -0.2) is 4.98 Å². The van der Waals surface area contributed by atoms with Gasteiger partial charge in [-0.05, 0) is 31.0 Å². The Hall–Kier alpha value is -1.20. The minimum atomic E-state index is -0.110. The SMILES string of the molecule is CC(Cc1ccc(Br)cc1)NC(=O)c1cscn1. The second-order valence-corrected chi connectivity index (χ2v) is 5.71. The summed E-state index contributed by atoms with van der Waals surface area (Å²) >= 11 is 4.82. The van der Waals surface area contributed by atoms with Crippen molar-refractivity contribution in [2.45, 2.75) is 19.4 Å². The fourth-order valence-corrected chi connectivity index (χ4v) is 2.44. The Balaban J connectivity index is 1.90. The molecule has 0 bridgehead atoms. The van der Waals surface area contributed by atoms with E-state index in [1.54, 1.807) is 10.9 Å². The number of nitrogens with zero attached hydrogens (tertiary/aromatic N) is 1. The van der Waals surface area contributed by atoms with Gasteiger partial charge in [0.2, 0.25) is 0 Å². The van der Waals surface area contributed by atoms with Crippen LogP contribution < -0.4 is 5.32 Å². The molecule has 1 amide bonds. The van der Waals surface area contributed by atoms with Gasteiger partial charge in [-0.3, -0.25) is 4.79 Å². The van der Waals surface area contributed by atoms with Crippen LogP contribution in [0.25, 0.3) is 0 Å². The van der Waals surface area contributed by atoms with E-state index in [4.69, 9.17) is 0 Å². The lowest BCUT2D eigenvalue weighted by atomic mass is 10.1. The first-order valence-electron chi connectivity index (χ1n) is 5.58. The molecule has 0 aliphatic rings. The Kier molecular flexibility index (Phi) is 4.49. The van der Waals surface area contributed by atoms with Crippen molar-refractivity contribution in [3.05, 3.63) is 50.9 Å². The summed E-state index contributed by atoms with van der Waals surface area (Å²) in [4.78, 5) is 15.8. The van der Waals surface area contributed by atoms with Gasteiger partial charge in [-0.1, -0.05) is 28.1 Å². The maximum absolute atomic E-state index is 11.8. The molecule has 0 radical (unpaired) electrons. The van der Waals surface area contributed by atoms with E-state index in [2.05, 4.69) is 38.4 Å². The maximum atomic E-state index is 11.8. The van der Waals surface area contributed by atoms with Crippen LogP contribution in [0.4, 0.5) is 0 Å². The van der Waals surface area contributed by atoms with Gasteiger partial charge >= 0.3 is 0 Å². The molecule has 0 aliphatic heterocycles. The first-order valence-corrected chi connectivity index (χ1v) is 7.32. The fraction of sp³-hybridized carbons (Fsp3) is 0.231. The molecule has 0 saturated heterocycles. The smallest absolute Gasteiger partial charge is 0.270 e. The van der Waals surface area contributed by atoms with E-state index in [1.165, 1.54) is 16.9 Å². The molecule has 1 aromatic heterocycles. The van der Waals surface area contributed by atoms with Crippen molar-refractivity contribution in [3.63, 3.8) is 0 Å². The molecule has 1 N–H and O–H groups in total. The maximum Gasteiger partial charge on any atom is 0.270 e. The molecule has 1 unspecified atom stereocenters. The van der Waals surface area contributed by atoms with E-state index >= 15 is 0 Å². The molecular formula is C13H13BrN2OS. The first kappa shape index (κ1) is 13.2. The van der Waals surface area contributed by atoms with Crippen LogP contribution in [-0.4, -0.2) is 16.9 Å². The van der Waals surface area contributed by atoms with E-state index in [-0.39, 0.29) is 11.9 Å². The zero-order valence-electron chi connectivity index (χ0n) is 9.89. The number of hydrogen-bond donors (Lipinski definition) is 1. The minimum Gasteiger partial charge on any atom is -0.348 e. The summed E-state index contributed by atoms with van der Waals surface area (Å²) in [5.41, 5.74) is 3.35. The molecule has 5 heteroatoms. The lowest BCUT2D eigenvalue weighted by Crippen LogP contribution is -2.34. The van der Waals surface area contributed by atoms with Crippen molar-refractivity contribution in [1.82, 2.24) is 10.3 Å². The third kappa shape index (κ3) is 3.65. The third-order valence-electron chi connectivity index (χ3n) is 2.50. The number of carbonyl (C=O) groups excluding carboxylic acids is 1. The normalized spacial score (nSPS) is 12.1. The highest BCUT2D eigenvalue weighted by atomic mass is 79.9. The predicted molar refractivity (Wildman–Crippen MR) is 76.9 cm³/mol. The van der Waals surface area contributed by atoms with E-state index in [0.29, 0.717) is 5.69 Å². The number of carbonyl (C=O) groups is 1. The summed E-state index contributed by atoms with van der Waals surface area (Å²) in [6.45, 7) is 1.99. The highest BCUT2D eigenvalue weighted by molar-refractivity contribution is 9.10. The van der Waals surface area contributed by atoms with Crippen molar-refractivity contribution in [2.75, 3.05) is 0 Å². The van der Waals surface area contributed by atoms with Crippen LogP contribution in [0.1, 0.15) is 23.0 Å². The van der Waals surface area contributed by atoms with Crippen molar-refractivity contribution in [3.8, 4) is 0 Å². The average Bonchev–Trinajstić information content (AvgIpc) is 2.85. The van der Waals surface area contributed by atoms with Crippen molar-refractivity contribution in [1.29, 1.82) is 0 Å². The minimum absolute atomic E-state index is 0.0837. The Morgan fingerprint density at radius 3 is 2.78 bits per heavy atom. The Morgan fingerprint density at radius 1 is 1.44 bits per heavy atom. The number of amides is 1.